The fourth-order valence-electron chi connectivity index (χ4n) is 0.0680. The van der Waals surface area contributed by atoms with Gasteiger partial charge in [0.05, 0.1) is 6.61 Å². The zero-order valence-electron chi connectivity index (χ0n) is 3.10. The molecule has 0 aliphatic carbocycles. The molecule has 0 aromatic carbocycles. The maximum atomic E-state index is 9.18. The third-order valence-electron chi connectivity index (χ3n) is 0.235. The molecule has 0 aromatic rings. The number of carbonyl (C=O) groups is 1. The van der Waals surface area contributed by atoms with Crippen LogP contribution in [0.15, 0.2) is 0 Å². The number of hydrogen-bond donors (Lipinski definition) is 0. The van der Waals surface area contributed by atoms with Gasteiger partial charge in [-0.3, -0.25) is 4.79 Å². The van der Waals surface area contributed by atoms with Crippen molar-refractivity contribution in [3.63, 3.8) is 0 Å². The molecule has 0 bridgehead atoms. The van der Waals surface area contributed by atoms with Crippen LogP contribution in [-0.2, 0) is 9.53 Å². The van der Waals surface area contributed by atoms with Crippen molar-refractivity contribution < 1.29 is 9.53 Å². The summed E-state index contributed by atoms with van der Waals surface area (Å²) in [7, 11) is 0. The van der Waals surface area contributed by atoms with Crippen molar-refractivity contribution >= 4 is 30.4 Å². The van der Waals surface area contributed by atoms with Crippen molar-refractivity contribution in [3.05, 3.63) is 0 Å². The van der Waals surface area contributed by atoms with E-state index in [1.807, 2.05) is 0 Å². The topological polar surface area (TPSA) is 26.3 Å². The third kappa shape index (κ3) is 8.86. The van der Waals surface area contributed by atoms with Crippen LogP contribution < -0.4 is 0 Å². The monoisotopic (exact) mass is 198 g/mol. The van der Waals surface area contributed by atoms with Crippen molar-refractivity contribution in [2.75, 3.05) is 6.61 Å². The number of ether oxygens (including phenoxy) is 1. The van der Waals surface area contributed by atoms with Gasteiger partial charge in [0.25, 0.3) is 6.47 Å². The fraction of sp³-hybridized carbons (Fsp3) is 0.667. The summed E-state index contributed by atoms with van der Waals surface area (Å²) in [5.74, 6) is 0. The SMILES string of the molecule is CCOC=O.[SnH4]. The summed E-state index contributed by atoms with van der Waals surface area (Å²) < 4.78 is 4.15. The molecule has 0 aliphatic heterocycles. The molecule has 0 aromatic heterocycles. The van der Waals surface area contributed by atoms with Gasteiger partial charge in [-0.2, -0.15) is 0 Å². The molecule has 0 atom stereocenters. The molecule has 0 fully saturated rings. The minimum atomic E-state index is 0. The normalized spacial score (nSPS) is 5.50. The summed E-state index contributed by atoms with van der Waals surface area (Å²) in [5, 5.41) is 0. The van der Waals surface area contributed by atoms with Crippen LogP contribution in [0, 0.1) is 0 Å². The molecule has 3 heteroatoms. The molecule has 2 nitrogen and oxygen atoms in total. The van der Waals surface area contributed by atoms with Gasteiger partial charge in [0.1, 0.15) is 0 Å². The summed E-state index contributed by atoms with van der Waals surface area (Å²) in [4.78, 5) is 9.18. The second-order valence-electron chi connectivity index (χ2n) is 0.552. The van der Waals surface area contributed by atoms with E-state index in [1.54, 1.807) is 6.92 Å². The van der Waals surface area contributed by atoms with Gasteiger partial charge in [0.2, 0.25) is 0 Å². The van der Waals surface area contributed by atoms with Gasteiger partial charge in [0.15, 0.2) is 0 Å². The Bertz CT molecular complexity index is 30.0. The summed E-state index contributed by atoms with van der Waals surface area (Å²) in [5.41, 5.74) is 0. The fourth-order valence-corrected chi connectivity index (χ4v) is 0.0680. The molecule has 0 unspecified atom stereocenters. The molecule has 0 heterocycles. The average Bonchev–Trinajstić information content (AvgIpc) is 1.41. The molecule has 0 spiro atoms. The Morgan fingerprint density at radius 3 is 2.33 bits per heavy atom. The van der Waals surface area contributed by atoms with E-state index < -0.39 is 0 Å². The minimum absolute atomic E-state index is 0. The van der Waals surface area contributed by atoms with E-state index in [-0.39, 0.29) is 23.9 Å². The van der Waals surface area contributed by atoms with Gasteiger partial charge in [0, 0.05) is 0 Å². The van der Waals surface area contributed by atoms with Crippen molar-refractivity contribution in [2.45, 2.75) is 6.92 Å². The van der Waals surface area contributed by atoms with Crippen LogP contribution >= 0.6 is 0 Å². The first kappa shape index (κ1) is 9.55. The van der Waals surface area contributed by atoms with Crippen LogP contribution in [0.2, 0.25) is 0 Å². The molecule has 0 N–H and O–H groups in total. The maximum absolute atomic E-state index is 9.18. The second-order valence-corrected chi connectivity index (χ2v) is 0.552. The van der Waals surface area contributed by atoms with E-state index >= 15 is 0 Å². The van der Waals surface area contributed by atoms with E-state index in [9.17, 15) is 4.79 Å². The van der Waals surface area contributed by atoms with Gasteiger partial charge in [-0.1, -0.05) is 0 Å². The predicted octanol–water partition coefficient (Wildman–Crippen LogP) is -1.27. The van der Waals surface area contributed by atoms with E-state index in [1.165, 1.54) is 0 Å². The molecule has 0 amide bonds. The Hall–Kier alpha value is 0.269. The van der Waals surface area contributed by atoms with Crippen LogP contribution in [0.1, 0.15) is 6.92 Å². The quantitative estimate of drug-likeness (QED) is 0.407. The first-order chi connectivity index (χ1) is 2.41. The predicted molar refractivity (Wildman–Crippen MR) is 29.0 cm³/mol. The average molecular weight is 197 g/mol. The van der Waals surface area contributed by atoms with Crippen LogP contribution in [-0.4, -0.2) is 37.0 Å². The Morgan fingerprint density at radius 1 is 1.83 bits per heavy atom. The van der Waals surface area contributed by atoms with Crippen molar-refractivity contribution in [3.8, 4) is 0 Å². The molecule has 0 rings (SSSR count). The van der Waals surface area contributed by atoms with Crippen molar-refractivity contribution in [1.82, 2.24) is 0 Å². The summed E-state index contributed by atoms with van der Waals surface area (Å²) in [6, 6.07) is 0. The van der Waals surface area contributed by atoms with Gasteiger partial charge in [-0.15, -0.1) is 0 Å². The molecular formula is C3H10O2Sn. The first-order valence-electron chi connectivity index (χ1n) is 1.47. The van der Waals surface area contributed by atoms with Crippen molar-refractivity contribution in [1.29, 1.82) is 0 Å². The molecule has 0 saturated carbocycles. The molecule has 0 saturated heterocycles. The van der Waals surface area contributed by atoms with Crippen molar-refractivity contribution in [2.24, 2.45) is 0 Å². The Balaban J connectivity index is 0. The van der Waals surface area contributed by atoms with E-state index in [0.29, 0.717) is 13.1 Å². The summed E-state index contributed by atoms with van der Waals surface area (Å²) in [6.45, 7) is 2.66. The Kier molecular flexibility index (Phi) is 14.3. The van der Waals surface area contributed by atoms with E-state index in [4.69, 9.17) is 0 Å². The number of rotatable bonds is 2. The van der Waals surface area contributed by atoms with Crippen LogP contribution in [0.3, 0.4) is 0 Å². The van der Waals surface area contributed by atoms with E-state index in [0.717, 1.165) is 0 Å². The van der Waals surface area contributed by atoms with Crippen LogP contribution in [0.4, 0.5) is 0 Å². The number of hydrogen-bond acceptors (Lipinski definition) is 2. The molecular weight excluding hydrogens is 187 g/mol. The van der Waals surface area contributed by atoms with Gasteiger partial charge in [-0.05, 0) is 6.92 Å². The Labute approximate surface area is 53.8 Å². The number of carbonyl (C=O) groups excluding carboxylic acids is 1. The van der Waals surface area contributed by atoms with Crippen LogP contribution in [0.25, 0.3) is 0 Å². The molecule has 6 heavy (non-hydrogen) atoms. The second kappa shape index (κ2) is 8.99. The standard InChI is InChI=1S/C3H6O2.Sn.4H/c1-2-5-3-4;;;;;/h3H,2H2,1H3;;;;;. The van der Waals surface area contributed by atoms with Gasteiger partial charge >= 0.3 is 23.9 Å². The van der Waals surface area contributed by atoms with Gasteiger partial charge in [-0.25, -0.2) is 0 Å². The summed E-state index contributed by atoms with van der Waals surface area (Å²) in [6.07, 6.45) is 0. The molecule has 0 radical (unpaired) electrons. The first-order valence-corrected chi connectivity index (χ1v) is 1.47. The zero-order chi connectivity index (χ0) is 4.12. The third-order valence-corrected chi connectivity index (χ3v) is 0.235. The zero-order valence-corrected chi connectivity index (χ0v) is 3.10. The molecule has 38 valence electrons. The van der Waals surface area contributed by atoms with Gasteiger partial charge < -0.3 is 4.74 Å². The van der Waals surface area contributed by atoms with Crippen LogP contribution in [0.5, 0.6) is 0 Å². The summed E-state index contributed by atoms with van der Waals surface area (Å²) >= 11 is 0. The van der Waals surface area contributed by atoms with E-state index in [2.05, 4.69) is 4.74 Å². The Morgan fingerprint density at radius 2 is 2.33 bits per heavy atom. The molecule has 0 aliphatic rings.